The topological polar surface area (TPSA) is 39.2 Å². The molecule has 1 aromatic rings. The van der Waals surface area contributed by atoms with E-state index >= 15 is 0 Å². The van der Waals surface area contributed by atoms with E-state index in [1.165, 1.54) is 13.2 Å². The molecule has 0 radical (unpaired) electrons. The summed E-state index contributed by atoms with van der Waals surface area (Å²) in [6.07, 6.45) is -1.45. The monoisotopic (exact) mass is 215 g/mol. The Morgan fingerprint density at radius 1 is 1.60 bits per heavy atom. The Balaban J connectivity index is 2.88. The number of methoxy groups -OCH3 is 1. The van der Waals surface area contributed by atoms with E-state index in [-0.39, 0.29) is 12.0 Å². The molecule has 0 amide bonds. The molecule has 1 heterocycles. The van der Waals surface area contributed by atoms with Gasteiger partial charge >= 0.3 is 5.97 Å². The van der Waals surface area contributed by atoms with Gasteiger partial charge in [0.15, 0.2) is 0 Å². The predicted molar refractivity (Wildman–Crippen MR) is 49.7 cm³/mol. The molecule has 0 atom stereocenters. The lowest BCUT2D eigenvalue weighted by Gasteiger charge is -2.05. The van der Waals surface area contributed by atoms with E-state index in [0.717, 1.165) is 6.20 Å². The van der Waals surface area contributed by atoms with Crippen LogP contribution in [0.1, 0.15) is 23.2 Å². The molecule has 0 aromatic carbocycles. The van der Waals surface area contributed by atoms with Crippen molar-refractivity contribution in [2.75, 3.05) is 7.11 Å². The van der Waals surface area contributed by atoms with Crippen LogP contribution in [0.3, 0.4) is 0 Å². The van der Waals surface area contributed by atoms with Crippen LogP contribution < -0.4 is 0 Å². The lowest BCUT2D eigenvalue weighted by Crippen LogP contribution is -2.08. The summed E-state index contributed by atoms with van der Waals surface area (Å²) in [5.74, 6) is -0.435. The van der Waals surface area contributed by atoms with Crippen LogP contribution in [0.15, 0.2) is 12.3 Å². The Hall–Kier alpha value is -1.52. The highest BCUT2D eigenvalue weighted by Crippen LogP contribution is 2.19. The van der Waals surface area contributed by atoms with Crippen molar-refractivity contribution in [2.24, 2.45) is 0 Å². The number of hydrogen-bond acceptors (Lipinski definition) is 3. The van der Waals surface area contributed by atoms with Gasteiger partial charge in [0.1, 0.15) is 0 Å². The molecule has 0 spiro atoms. The minimum Gasteiger partial charge on any atom is -0.469 e. The number of aryl methyl sites for hydroxylation is 1. The average molecular weight is 215 g/mol. The molecule has 0 saturated carbocycles. The zero-order chi connectivity index (χ0) is 11.4. The molecule has 1 aromatic heterocycles. The summed E-state index contributed by atoms with van der Waals surface area (Å²) in [5, 5.41) is 0. The number of alkyl halides is 2. The van der Waals surface area contributed by atoms with Crippen molar-refractivity contribution in [1.82, 2.24) is 4.98 Å². The fraction of sp³-hybridized carbons (Fsp3) is 0.400. The highest BCUT2D eigenvalue weighted by Gasteiger charge is 2.12. The minimum absolute atomic E-state index is 0.00580. The molecule has 15 heavy (non-hydrogen) atoms. The van der Waals surface area contributed by atoms with Crippen molar-refractivity contribution in [3.63, 3.8) is 0 Å². The standard InChI is InChI=1S/C10H11F2NO2/c1-6-3-7(10(11)12)5-13-8(6)4-9(14)15-2/h3,5,10H,4H2,1-2H3. The van der Waals surface area contributed by atoms with E-state index in [2.05, 4.69) is 9.72 Å². The van der Waals surface area contributed by atoms with Crippen LogP contribution in [-0.4, -0.2) is 18.1 Å². The molecule has 0 bridgehead atoms. The Labute approximate surface area is 86.1 Å². The molecule has 0 unspecified atom stereocenters. The van der Waals surface area contributed by atoms with Crippen LogP contribution in [0, 0.1) is 6.92 Å². The Kier molecular flexibility index (Phi) is 3.71. The molecule has 0 fully saturated rings. The van der Waals surface area contributed by atoms with Gasteiger partial charge in [-0.2, -0.15) is 0 Å². The van der Waals surface area contributed by atoms with Crippen LogP contribution in [0.2, 0.25) is 0 Å². The van der Waals surface area contributed by atoms with Crippen molar-refractivity contribution in [1.29, 1.82) is 0 Å². The summed E-state index contributed by atoms with van der Waals surface area (Å²) in [5.41, 5.74) is 0.894. The molecule has 0 aliphatic heterocycles. The molecule has 5 heteroatoms. The van der Waals surface area contributed by atoms with Crippen molar-refractivity contribution in [3.8, 4) is 0 Å². The number of rotatable bonds is 3. The van der Waals surface area contributed by atoms with Crippen molar-refractivity contribution < 1.29 is 18.3 Å². The number of carbonyl (C=O) groups is 1. The number of carbonyl (C=O) groups excluding carboxylic acids is 1. The second-order valence-corrected chi connectivity index (χ2v) is 3.09. The number of ether oxygens (including phenoxy) is 1. The highest BCUT2D eigenvalue weighted by molar-refractivity contribution is 5.72. The summed E-state index contributed by atoms with van der Waals surface area (Å²) in [4.78, 5) is 14.7. The van der Waals surface area contributed by atoms with Gasteiger partial charge in [0.25, 0.3) is 6.43 Å². The second-order valence-electron chi connectivity index (χ2n) is 3.09. The van der Waals surface area contributed by atoms with Gasteiger partial charge in [-0.05, 0) is 18.6 Å². The Morgan fingerprint density at radius 2 is 2.27 bits per heavy atom. The molecule has 82 valence electrons. The van der Waals surface area contributed by atoms with Gasteiger partial charge in [0, 0.05) is 11.8 Å². The van der Waals surface area contributed by atoms with E-state index in [9.17, 15) is 13.6 Å². The summed E-state index contributed by atoms with van der Waals surface area (Å²) in [6, 6.07) is 1.33. The minimum atomic E-state index is -2.54. The summed E-state index contributed by atoms with van der Waals surface area (Å²) in [7, 11) is 1.27. The number of halogens is 2. The van der Waals surface area contributed by atoms with Crippen LogP contribution in [0.25, 0.3) is 0 Å². The van der Waals surface area contributed by atoms with Crippen molar-refractivity contribution in [3.05, 3.63) is 29.1 Å². The number of nitrogens with zero attached hydrogens (tertiary/aromatic N) is 1. The van der Waals surface area contributed by atoms with Gasteiger partial charge in [-0.1, -0.05) is 0 Å². The maximum Gasteiger partial charge on any atom is 0.311 e. The van der Waals surface area contributed by atoms with Gasteiger partial charge in [0.2, 0.25) is 0 Å². The Bertz CT molecular complexity index is 366. The predicted octanol–water partition coefficient (Wildman–Crippen LogP) is 2.04. The lowest BCUT2D eigenvalue weighted by atomic mass is 10.1. The molecule has 0 aliphatic rings. The maximum atomic E-state index is 12.3. The molecule has 3 nitrogen and oxygen atoms in total. The molecule has 0 saturated heterocycles. The fourth-order valence-electron chi connectivity index (χ4n) is 1.14. The third kappa shape index (κ3) is 2.97. The number of esters is 1. The Morgan fingerprint density at radius 3 is 2.73 bits per heavy atom. The van der Waals surface area contributed by atoms with E-state index in [1.54, 1.807) is 6.92 Å². The zero-order valence-corrected chi connectivity index (χ0v) is 8.46. The van der Waals surface area contributed by atoms with E-state index in [4.69, 9.17) is 0 Å². The molecule has 0 aliphatic carbocycles. The first-order valence-electron chi connectivity index (χ1n) is 4.35. The zero-order valence-electron chi connectivity index (χ0n) is 8.46. The van der Waals surface area contributed by atoms with Gasteiger partial charge in [-0.3, -0.25) is 9.78 Å². The maximum absolute atomic E-state index is 12.3. The van der Waals surface area contributed by atoms with Crippen LogP contribution in [0.4, 0.5) is 8.78 Å². The fourth-order valence-corrected chi connectivity index (χ4v) is 1.14. The van der Waals surface area contributed by atoms with Crippen LogP contribution in [-0.2, 0) is 16.0 Å². The summed E-state index contributed by atoms with van der Waals surface area (Å²) in [6.45, 7) is 1.64. The van der Waals surface area contributed by atoms with Crippen LogP contribution in [0.5, 0.6) is 0 Å². The lowest BCUT2D eigenvalue weighted by molar-refractivity contribution is -0.139. The summed E-state index contributed by atoms with van der Waals surface area (Å²) >= 11 is 0. The van der Waals surface area contributed by atoms with E-state index < -0.39 is 12.4 Å². The first-order chi connectivity index (χ1) is 7.04. The van der Waals surface area contributed by atoms with Gasteiger partial charge in [-0.25, -0.2) is 8.78 Å². The highest BCUT2D eigenvalue weighted by atomic mass is 19.3. The van der Waals surface area contributed by atoms with E-state index in [0.29, 0.717) is 11.3 Å². The van der Waals surface area contributed by atoms with Gasteiger partial charge in [0.05, 0.1) is 19.2 Å². The second kappa shape index (κ2) is 4.82. The van der Waals surface area contributed by atoms with Gasteiger partial charge < -0.3 is 4.74 Å². The number of aromatic nitrogens is 1. The quantitative estimate of drug-likeness (QED) is 0.724. The third-order valence-corrected chi connectivity index (χ3v) is 2.00. The number of hydrogen-bond donors (Lipinski definition) is 0. The summed E-state index contributed by atoms with van der Waals surface area (Å²) < 4.78 is 29.0. The van der Waals surface area contributed by atoms with E-state index in [1.807, 2.05) is 0 Å². The number of pyridine rings is 1. The van der Waals surface area contributed by atoms with Gasteiger partial charge in [-0.15, -0.1) is 0 Å². The SMILES string of the molecule is COC(=O)Cc1ncc(C(F)F)cc1C. The largest absolute Gasteiger partial charge is 0.469 e. The van der Waals surface area contributed by atoms with Crippen molar-refractivity contribution in [2.45, 2.75) is 19.8 Å². The molecule has 1 rings (SSSR count). The van der Waals surface area contributed by atoms with Crippen molar-refractivity contribution >= 4 is 5.97 Å². The smallest absolute Gasteiger partial charge is 0.311 e. The molecular weight excluding hydrogens is 204 g/mol. The first-order valence-corrected chi connectivity index (χ1v) is 4.35. The molecular formula is C10H11F2NO2. The normalized spacial score (nSPS) is 10.5. The average Bonchev–Trinajstić information content (AvgIpc) is 2.20. The molecule has 0 N–H and O–H groups in total. The first kappa shape index (κ1) is 11.6. The van der Waals surface area contributed by atoms with Crippen LogP contribution >= 0.6 is 0 Å². The third-order valence-electron chi connectivity index (χ3n) is 2.00.